The van der Waals surface area contributed by atoms with Crippen molar-refractivity contribution in [3.63, 3.8) is 0 Å². The van der Waals surface area contributed by atoms with Crippen LogP contribution in [0.5, 0.6) is 0 Å². The summed E-state index contributed by atoms with van der Waals surface area (Å²) >= 11 is 0. The molecule has 8 heteroatoms. The molecule has 0 saturated heterocycles. The van der Waals surface area contributed by atoms with E-state index in [4.69, 9.17) is 5.11 Å². The van der Waals surface area contributed by atoms with Crippen LogP contribution in [0.1, 0.15) is 36.5 Å². The lowest BCUT2D eigenvalue weighted by Crippen LogP contribution is -2.50. The lowest BCUT2D eigenvalue weighted by atomic mass is 9.80. The zero-order valence-electron chi connectivity index (χ0n) is 10.6. The molecule has 1 aliphatic rings. The van der Waals surface area contributed by atoms with Gasteiger partial charge in [0.1, 0.15) is 4.90 Å². The van der Waals surface area contributed by atoms with Crippen molar-refractivity contribution in [3.8, 4) is 0 Å². The SMILES string of the molecule is CC1(NS(=O)(=O)c2cc(C(=O)O)cc(F)c2F)CCC1. The number of nitrogens with one attached hydrogen (secondary N) is 1. The summed E-state index contributed by atoms with van der Waals surface area (Å²) in [5.41, 5.74) is -1.32. The van der Waals surface area contributed by atoms with Crippen molar-refractivity contribution in [1.82, 2.24) is 4.72 Å². The maximum Gasteiger partial charge on any atom is 0.335 e. The minimum atomic E-state index is -4.32. The monoisotopic (exact) mass is 305 g/mol. The fourth-order valence-corrected chi connectivity index (χ4v) is 3.65. The van der Waals surface area contributed by atoms with Crippen molar-refractivity contribution in [1.29, 1.82) is 0 Å². The second-order valence-electron chi connectivity index (χ2n) is 5.10. The molecular weight excluding hydrogens is 292 g/mol. The first-order valence-corrected chi connectivity index (χ1v) is 7.39. The molecule has 2 rings (SSSR count). The Labute approximate surface area is 114 Å². The number of benzene rings is 1. The van der Waals surface area contributed by atoms with Gasteiger partial charge in [-0.3, -0.25) is 0 Å². The second-order valence-corrected chi connectivity index (χ2v) is 6.75. The predicted octanol–water partition coefficient (Wildman–Crippen LogP) is 1.88. The molecule has 0 spiro atoms. The average molecular weight is 305 g/mol. The Bertz CT molecular complexity index is 668. The van der Waals surface area contributed by atoms with Crippen LogP contribution in [-0.4, -0.2) is 25.0 Å². The number of hydrogen-bond donors (Lipinski definition) is 2. The van der Waals surface area contributed by atoms with E-state index < -0.39 is 43.6 Å². The molecule has 0 heterocycles. The van der Waals surface area contributed by atoms with E-state index in [9.17, 15) is 22.0 Å². The van der Waals surface area contributed by atoms with Gasteiger partial charge in [0, 0.05) is 5.54 Å². The van der Waals surface area contributed by atoms with Crippen LogP contribution in [0.25, 0.3) is 0 Å². The summed E-state index contributed by atoms with van der Waals surface area (Å²) in [5, 5.41) is 8.78. The van der Waals surface area contributed by atoms with Gasteiger partial charge in [0.05, 0.1) is 5.56 Å². The summed E-state index contributed by atoms with van der Waals surface area (Å²) in [7, 11) is -4.32. The molecule has 0 radical (unpaired) electrons. The normalized spacial score (nSPS) is 17.6. The van der Waals surface area contributed by atoms with Gasteiger partial charge in [-0.2, -0.15) is 0 Å². The zero-order chi connectivity index (χ0) is 15.1. The van der Waals surface area contributed by atoms with Crippen molar-refractivity contribution < 1.29 is 27.1 Å². The van der Waals surface area contributed by atoms with Crippen LogP contribution in [0.4, 0.5) is 8.78 Å². The van der Waals surface area contributed by atoms with E-state index in [-0.39, 0.29) is 0 Å². The molecule has 0 amide bonds. The van der Waals surface area contributed by atoms with Crippen molar-refractivity contribution in [2.75, 3.05) is 0 Å². The number of carboxylic acid groups (broad SMARTS) is 1. The summed E-state index contributed by atoms with van der Waals surface area (Å²) in [4.78, 5) is 9.81. The molecule has 110 valence electrons. The zero-order valence-corrected chi connectivity index (χ0v) is 11.4. The van der Waals surface area contributed by atoms with Crippen LogP contribution in [0, 0.1) is 11.6 Å². The van der Waals surface area contributed by atoms with E-state index >= 15 is 0 Å². The van der Waals surface area contributed by atoms with Crippen molar-refractivity contribution in [3.05, 3.63) is 29.3 Å². The third-order valence-corrected chi connectivity index (χ3v) is 5.01. The Morgan fingerprint density at radius 1 is 1.35 bits per heavy atom. The number of halogens is 2. The molecule has 1 aromatic carbocycles. The van der Waals surface area contributed by atoms with Gasteiger partial charge >= 0.3 is 5.97 Å². The highest BCUT2D eigenvalue weighted by atomic mass is 32.2. The largest absolute Gasteiger partial charge is 0.478 e. The van der Waals surface area contributed by atoms with Gasteiger partial charge in [-0.05, 0) is 38.3 Å². The molecular formula is C12H13F2NO4S. The van der Waals surface area contributed by atoms with E-state index in [2.05, 4.69) is 4.72 Å². The highest BCUT2D eigenvalue weighted by molar-refractivity contribution is 7.89. The molecule has 1 aliphatic carbocycles. The van der Waals surface area contributed by atoms with Crippen molar-refractivity contribution >= 4 is 16.0 Å². The minimum absolute atomic E-state index is 0.446. The van der Waals surface area contributed by atoms with Gasteiger partial charge in [-0.15, -0.1) is 0 Å². The van der Waals surface area contributed by atoms with E-state index in [0.717, 1.165) is 6.42 Å². The van der Waals surface area contributed by atoms with Gasteiger partial charge in [0.25, 0.3) is 0 Å². The van der Waals surface area contributed by atoms with Crippen LogP contribution in [0.2, 0.25) is 0 Å². The van der Waals surface area contributed by atoms with E-state index in [1.807, 2.05) is 0 Å². The van der Waals surface area contributed by atoms with Gasteiger partial charge in [0.15, 0.2) is 11.6 Å². The second kappa shape index (κ2) is 4.78. The Kier molecular flexibility index (Phi) is 3.55. The number of rotatable bonds is 4. The Morgan fingerprint density at radius 2 is 1.95 bits per heavy atom. The fourth-order valence-electron chi connectivity index (χ4n) is 2.07. The van der Waals surface area contributed by atoms with Gasteiger partial charge in [-0.1, -0.05) is 0 Å². The van der Waals surface area contributed by atoms with E-state index in [0.29, 0.717) is 25.0 Å². The first-order valence-electron chi connectivity index (χ1n) is 5.91. The maximum absolute atomic E-state index is 13.7. The molecule has 0 aliphatic heterocycles. The molecule has 5 nitrogen and oxygen atoms in total. The van der Waals surface area contributed by atoms with E-state index in [1.54, 1.807) is 6.92 Å². The number of aromatic carboxylic acids is 1. The quantitative estimate of drug-likeness (QED) is 0.889. The van der Waals surface area contributed by atoms with Crippen LogP contribution < -0.4 is 4.72 Å². The number of hydrogen-bond acceptors (Lipinski definition) is 3. The molecule has 1 fully saturated rings. The molecule has 0 bridgehead atoms. The number of carboxylic acids is 1. The topological polar surface area (TPSA) is 83.5 Å². The summed E-state index contributed by atoms with van der Waals surface area (Å²) in [6.07, 6.45) is 2.02. The Hall–Kier alpha value is -1.54. The maximum atomic E-state index is 13.7. The molecule has 0 aromatic heterocycles. The van der Waals surface area contributed by atoms with E-state index in [1.165, 1.54) is 0 Å². The minimum Gasteiger partial charge on any atom is -0.478 e. The molecule has 1 saturated carbocycles. The first-order chi connectivity index (χ1) is 9.15. The summed E-state index contributed by atoms with van der Waals surface area (Å²) in [6, 6.07) is 1.06. The van der Waals surface area contributed by atoms with Crippen molar-refractivity contribution in [2.24, 2.45) is 0 Å². The molecule has 20 heavy (non-hydrogen) atoms. The fraction of sp³-hybridized carbons (Fsp3) is 0.417. The summed E-state index contributed by atoms with van der Waals surface area (Å²) < 4.78 is 53.4. The average Bonchev–Trinajstić information content (AvgIpc) is 2.29. The smallest absolute Gasteiger partial charge is 0.335 e. The number of sulfonamides is 1. The van der Waals surface area contributed by atoms with Gasteiger partial charge in [0.2, 0.25) is 10.0 Å². The highest BCUT2D eigenvalue weighted by Gasteiger charge is 2.37. The van der Waals surface area contributed by atoms with Crippen molar-refractivity contribution in [2.45, 2.75) is 36.6 Å². The lowest BCUT2D eigenvalue weighted by Gasteiger charge is -2.38. The third-order valence-electron chi connectivity index (χ3n) is 3.37. The summed E-state index contributed by atoms with van der Waals surface area (Å²) in [6.45, 7) is 1.66. The lowest BCUT2D eigenvalue weighted by molar-refractivity contribution is 0.0696. The molecule has 0 unspecified atom stereocenters. The summed E-state index contributed by atoms with van der Waals surface area (Å²) in [5.74, 6) is -4.62. The Balaban J connectivity index is 2.47. The molecule has 0 atom stereocenters. The molecule has 2 N–H and O–H groups in total. The van der Waals surface area contributed by atoms with Crippen LogP contribution in [0.15, 0.2) is 17.0 Å². The van der Waals surface area contributed by atoms with Gasteiger partial charge in [-0.25, -0.2) is 26.7 Å². The Morgan fingerprint density at radius 3 is 2.40 bits per heavy atom. The van der Waals surface area contributed by atoms with Crippen LogP contribution >= 0.6 is 0 Å². The third kappa shape index (κ3) is 2.66. The first kappa shape index (κ1) is 14.9. The molecule has 1 aromatic rings. The highest BCUT2D eigenvalue weighted by Crippen LogP contribution is 2.33. The predicted molar refractivity (Wildman–Crippen MR) is 65.9 cm³/mol. The van der Waals surface area contributed by atoms with Crippen LogP contribution in [0.3, 0.4) is 0 Å². The van der Waals surface area contributed by atoms with Gasteiger partial charge < -0.3 is 5.11 Å². The standard InChI is InChI=1S/C12H13F2NO4S/c1-12(3-2-4-12)15-20(18,19)9-6-7(11(16)17)5-8(13)10(9)14/h5-6,15H,2-4H2,1H3,(H,16,17). The number of carbonyl (C=O) groups is 1. The van der Waals surface area contributed by atoms with Crippen LogP contribution in [-0.2, 0) is 10.0 Å².